The van der Waals surface area contributed by atoms with Gasteiger partial charge in [0, 0.05) is 19.7 Å². The van der Waals surface area contributed by atoms with Crippen LogP contribution in [0.2, 0.25) is 5.15 Å². The zero-order valence-corrected chi connectivity index (χ0v) is 15.6. The molecule has 0 bridgehead atoms. The number of carbonyl (C=O) groups excluding carboxylic acids is 2. The lowest BCUT2D eigenvalue weighted by molar-refractivity contribution is 0.0587. The van der Waals surface area contributed by atoms with E-state index in [0.29, 0.717) is 12.4 Å². The van der Waals surface area contributed by atoms with Gasteiger partial charge >= 0.3 is 6.09 Å². The predicted molar refractivity (Wildman–Crippen MR) is 93.5 cm³/mol. The number of halogens is 1. The molecule has 2 rings (SSSR count). The first-order chi connectivity index (χ1) is 11.6. The number of nitrogens with zero attached hydrogens (tertiary/aromatic N) is 4. The van der Waals surface area contributed by atoms with E-state index in [2.05, 4.69) is 10.1 Å². The van der Waals surface area contributed by atoms with Crippen molar-refractivity contribution in [1.82, 2.24) is 14.6 Å². The number of hydrogen-bond acceptors (Lipinski definition) is 6. The SMILES string of the molecule is CCOCC(=O)c1cnn2c(N(C)C(=O)OC(C)(C)C)cc(Cl)nc12. The molecule has 0 saturated carbocycles. The Morgan fingerprint density at radius 2 is 2.04 bits per heavy atom. The van der Waals surface area contributed by atoms with Crippen molar-refractivity contribution in [2.24, 2.45) is 0 Å². The molecule has 0 unspecified atom stereocenters. The maximum atomic E-state index is 12.3. The fourth-order valence-electron chi connectivity index (χ4n) is 2.05. The molecule has 2 heterocycles. The first-order valence-electron chi connectivity index (χ1n) is 7.76. The van der Waals surface area contributed by atoms with Crippen LogP contribution < -0.4 is 4.90 Å². The quantitative estimate of drug-likeness (QED) is 0.595. The summed E-state index contributed by atoms with van der Waals surface area (Å²) in [6.07, 6.45) is 0.806. The first kappa shape index (κ1) is 19.1. The molecule has 9 heteroatoms. The lowest BCUT2D eigenvalue weighted by Gasteiger charge is -2.24. The fraction of sp³-hybridized carbons (Fsp3) is 0.500. The number of carbonyl (C=O) groups is 2. The molecule has 0 saturated heterocycles. The van der Waals surface area contributed by atoms with E-state index in [9.17, 15) is 9.59 Å². The topological polar surface area (TPSA) is 86.0 Å². The molecule has 0 atom stereocenters. The second-order valence-electron chi connectivity index (χ2n) is 6.33. The molecule has 25 heavy (non-hydrogen) atoms. The fourth-order valence-corrected chi connectivity index (χ4v) is 2.23. The third-order valence-electron chi connectivity index (χ3n) is 3.17. The summed E-state index contributed by atoms with van der Waals surface area (Å²) in [7, 11) is 1.53. The van der Waals surface area contributed by atoms with Crippen LogP contribution in [0.4, 0.5) is 10.6 Å². The minimum absolute atomic E-state index is 0.0801. The van der Waals surface area contributed by atoms with E-state index < -0.39 is 11.7 Å². The molecule has 0 spiro atoms. The Morgan fingerprint density at radius 1 is 1.36 bits per heavy atom. The van der Waals surface area contributed by atoms with E-state index in [1.165, 1.54) is 28.7 Å². The van der Waals surface area contributed by atoms with Gasteiger partial charge in [0.1, 0.15) is 23.2 Å². The van der Waals surface area contributed by atoms with Crippen LogP contribution in [-0.2, 0) is 9.47 Å². The average molecular weight is 369 g/mol. The van der Waals surface area contributed by atoms with Gasteiger partial charge in [-0.15, -0.1) is 0 Å². The molecule has 0 N–H and O–H groups in total. The predicted octanol–water partition coefficient (Wildman–Crippen LogP) is 2.97. The van der Waals surface area contributed by atoms with Crippen molar-refractivity contribution >= 4 is 34.9 Å². The number of ketones is 1. The van der Waals surface area contributed by atoms with Crippen LogP contribution in [0, 0.1) is 0 Å². The van der Waals surface area contributed by atoms with Crippen molar-refractivity contribution in [3.8, 4) is 0 Å². The second kappa shape index (κ2) is 7.37. The van der Waals surface area contributed by atoms with Gasteiger partial charge in [-0.25, -0.2) is 9.78 Å². The van der Waals surface area contributed by atoms with Gasteiger partial charge in [0.15, 0.2) is 11.4 Å². The molecule has 2 aromatic heterocycles. The van der Waals surface area contributed by atoms with Gasteiger partial charge < -0.3 is 9.47 Å². The van der Waals surface area contributed by atoms with Gasteiger partial charge in [0.25, 0.3) is 0 Å². The summed E-state index contributed by atoms with van der Waals surface area (Å²) in [6, 6.07) is 1.47. The van der Waals surface area contributed by atoms with Crippen molar-refractivity contribution in [3.05, 3.63) is 23.0 Å². The Hall–Kier alpha value is -2.19. The van der Waals surface area contributed by atoms with Gasteiger partial charge in [-0.05, 0) is 27.7 Å². The molecule has 2 aromatic rings. The molecule has 136 valence electrons. The first-order valence-corrected chi connectivity index (χ1v) is 8.13. The number of aromatic nitrogens is 3. The van der Waals surface area contributed by atoms with Gasteiger partial charge in [0.05, 0.1) is 11.8 Å². The maximum Gasteiger partial charge on any atom is 0.415 e. The molecule has 0 fully saturated rings. The van der Waals surface area contributed by atoms with Crippen molar-refractivity contribution < 1.29 is 19.1 Å². The third-order valence-corrected chi connectivity index (χ3v) is 3.36. The number of hydrogen-bond donors (Lipinski definition) is 0. The summed E-state index contributed by atoms with van der Waals surface area (Å²) in [5.74, 6) is 0.0668. The van der Waals surface area contributed by atoms with Crippen molar-refractivity contribution in [1.29, 1.82) is 0 Å². The maximum absolute atomic E-state index is 12.3. The van der Waals surface area contributed by atoms with Gasteiger partial charge in [-0.1, -0.05) is 11.6 Å². The van der Waals surface area contributed by atoms with Crippen LogP contribution in [0.15, 0.2) is 12.3 Å². The van der Waals surface area contributed by atoms with Gasteiger partial charge in [-0.2, -0.15) is 9.61 Å². The number of anilines is 1. The Kier molecular flexibility index (Phi) is 5.64. The number of fused-ring (bicyclic) bond motifs is 1. The number of amides is 1. The lowest BCUT2D eigenvalue weighted by atomic mass is 10.2. The second-order valence-corrected chi connectivity index (χ2v) is 6.72. The van der Waals surface area contributed by atoms with Crippen LogP contribution in [-0.4, -0.2) is 52.3 Å². The molecular formula is C16H21ClN4O4. The normalized spacial score (nSPS) is 11.6. The van der Waals surface area contributed by atoms with E-state index >= 15 is 0 Å². The zero-order valence-electron chi connectivity index (χ0n) is 14.9. The summed E-state index contributed by atoms with van der Waals surface area (Å²) >= 11 is 6.07. The number of Topliss-reactive ketones (excluding diaryl/α,β-unsaturated/α-hetero) is 1. The molecule has 0 radical (unpaired) electrons. The van der Waals surface area contributed by atoms with Crippen LogP contribution in [0.5, 0.6) is 0 Å². The monoisotopic (exact) mass is 368 g/mol. The smallest absolute Gasteiger partial charge is 0.415 e. The standard InChI is InChI=1S/C16H21ClN4O4/c1-6-24-9-11(22)10-8-18-21-13(7-12(17)19-14(10)21)20(5)15(23)25-16(2,3)4/h7-8H,6,9H2,1-5H3. The molecule has 8 nitrogen and oxygen atoms in total. The summed E-state index contributed by atoms with van der Waals surface area (Å²) in [6.45, 7) is 7.45. The Labute approximate surface area is 150 Å². The molecular weight excluding hydrogens is 348 g/mol. The minimum Gasteiger partial charge on any atom is -0.443 e. The van der Waals surface area contributed by atoms with Crippen LogP contribution in [0.1, 0.15) is 38.1 Å². The highest BCUT2D eigenvalue weighted by molar-refractivity contribution is 6.30. The molecule has 0 aliphatic heterocycles. The Morgan fingerprint density at radius 3 is 2.64 bits per heavy atom. The van der Waals surface area contributed by atoms with Crippen LogP contribution in [0.25, 0.3) is 5.65 Å². The van der Waals surface area contributed by atoms with Crippen molar-refractivity contribution in [2.75, 3.05) is 25.2 Å². The highest BCUT2D eigenvalue weighted by Gasteiger charge is 2.24. The largest absolute Gasteiger partial charge is 0.443 e. The van der Waals surface area contributed by atoms with Crippen molar-refractivity contribution in [3.63, 3.8) is 0 Å². The Balaban J connectivity index is 2.43. The minimum atomic E-state index is -0.649. The highest BCUT2D eigenvalue weighted by Crippen LogP contribution is 2.23. The summed E-state index contributed by atoms with van der Waals surface area (Å²) in [5, 5.41) is 4.29. The number of rotatable bonds is 5. The van der Waals surface area contributed by atoms with Crippen LogP contribution >= 0.6 is 11.6 Å². The Bertz CT molecular complexity index is 797. The zero-order chi connectivity index (χ0) is 18.8. The van der Waals surface area contributed by atoms with E-state index in [1.54, 1.807) is 27.7 Å². The van der Waals surface area contributed by atoms with E-state index in [1.807, 2.05) is 0 Å². The van der Waals surface area contributed by atoms with Crippen LogP contribution in [0.3, 0.4) is 0 Å². The van der Waals surface area contributed by atoms with E-state index in [0.717, 1.165) is 0 Å². The van der Waals surface area contributed by atoms with E-state index in [-0.39, 0.29) is 28.8 Å². The van der Waals surface area contributed by atoms with E-state index in [4.69, 9.17) is 21.1 Å². The summed E-state index contributed by atoms with van der Waals surface area (Å²) < 4.78 is 11.9. The van der Waals surface area contributed by atoms with Crippen molar-refractivity contribution in [2.45, 2.75) is 33.3 Å². The van der Waals surface area contributed by atoms with Gasteiger partial charge in [-0.3, -0.25) is 9.69 Å². The molecule has 0 aromatic carbocycles. The summed E-state index contributed by atoms with van der Waals surface area (Å²) in [4.78, 5) is 29.9. The van der Waals surface area contributed by atoms with Gasteiger partial charge in [0.2, 0.25) is 0 Å². The lowest BCUT2D eigenvalue weighted by Crippen LogP contribution is -2.35. The average Bonchev–Trinajstić information content (AvgIpc) is 2.93. The summed E-state index contributed by atoms with van der Waals surface area (Å²) in [5.41, 5.74) is -0.123. The third kappa shape index (κ3) is 4.46. The number of ether oxygens (including phenoxy) is 2. The highest BCUT2D eigenvalue weighted by atomic mass is 35.5. The molecule has 0 aliphatic rings. The molecule has 1 amide bonds. The molecule has 0 aliphatic carbocycles.